The highest BCUT2D eigenvalue weighted by Gasteiger charge is 2.40. The third-order valence-corrected chi connectivity index (χ3v) is 4.33. The molecule has 0 fully saturated rings. The van der Waals surface area contributed by atoms with E-state index >= 15 is 0 Å². The van der Waals surface area contributed by atoms with Gasteiger partial charge in [0.2, 0.25) is 0 Å². The number of alkyl halides is 2. The fourth-order valence-electron chi connectivity index (χ4n) is 2.93. The quantitative estimate of drug-likeness (QED) is 0.766. The molecule has 3 rings (SSSR count). The van der Waals surface area contributed by atoms with Gasteiger partial charge >= 0.3 is 12.0 Å². The topological polar surface area (TPSA) is 57.2 Å². The van der Waals surface area contributed by atoms with Gasteiger partial charge in [-0.25, -0.2) is 0 Å². The van der Waals surface area contributed by atoms with Crippen LogP contribution < -0.4 is 10.5 Å². The zero-order valence-corrected chi connectivity index (χ0v) is 13.9. The van der Waals surface area contributed by atoms with Crippen LogP contribution in [-0.4, -0.2) is 16.6 Å². The Bertz CT molecular complexity index is 933. The van der Waals surface area contributed by atoms with E-state index in [0.717, 1.165) is 22.3 Å². The molecule has 0 aliphatic rings. The maximum absolute atomic E-state index is 13.6. The summed E-state index contributed by atoms with van der Waals surface area (Å²) < 4.78 is 34.0. The van der Waals surface area contributed by atoms with Crippen LogP contribution in [0.15, 0.2) is 48.5 Å². The van der Waals surface area contributed by atoms with Crippen molar-refractivity contribution >= 4 is 16.8 Å². The van der Waals surface area contributed by atoms with Gasteiger partial charge in [0, 0.05) is 17.6 Å². The SMILES string of the molecule is Cc1c(C)n(Cc2ccccc2)c2cccc(OC(F)(F)C(N)=O)c12. The molecule has 0 bridgehead atoms. The molecule has 1 heterocycles. The third-order valence-electron chi connectivity index (χ3n) is 4.33. The summed E-state index contributed by atoms with van der Waals surface area (Å²) in [5, 5.41) is 0.553. The van der Waals surface area contributed by atoms with Crippen LogP contribution in [0.4, 0.5) is 8.78 Å². The van der Waals surface area contributed by atoms with Crippen LogP contribution in [0.2, 0.25) is 0 Å². The minimum atomic E-state index is -4.06. The molecular weight excluding hydrogens is 326 g/mol. The normalized spacial score (nSPS) is 11.7. The second-order valence-electron chi connectivity index (χ2n) is 5.92. The van der Waals surface area contributed by atoms with Crippen LogP contribution in [0.3, 0.4) is 0 Å². The average Bonchev–Trinajstić information content (AvgIpc) is 2.81. The number of benzene rings is 2. The second-order valence-corrected chi connectivity index (χ2v) is 5.92. The van der Waals surface area contributed by atoms with Gasteiger partial charge in [0.15, 0.2) is 0 Å². The molecule has 2 N–H and O–H groups in total. The molecule has 0 aliphatic carbocycles. The summed E-state index contributed by atoms with van der Waals surface area (Å²) in [4.78, 5) is 10.9. The van der Waals surface area contributed by atoms with E-state index in [1.54, 1.807) is 6.07 Å². The van der Waals surface area contributed by atoms with Gasteiger partial charge in [-0.05, 0) is 37.1 Å². The average molecular weight is 344 g/mol. The van der Waals surface area contributed by atoms with Gasteiger partial charge in [0.25, 0.3) is 0 Å². The minimum absolute atomic E-state index is 0.0614. The first kappa shape index (κ1) is 17.0. The van der Waals surface area contributed by atoms with Crippen LogP contribution in [0, 0.1) is 13.8 Å². The molecular formula is C19H18F2N2O2. The van der Waals surface area contributed by atoms with Crippen molar-refractivity contribution in [3.05, 3.63) is 65.4 Å². The fraction of sp³-hybridized carbons (Fsp3) is 0.211. The minimum Gasteiger partial charge on any atom is -0.425 e. The number of ether oxygens (including phenoxy) is 1. The van der Waals surface area contributed by atoms with Crippen molar-refractivity contribution < 1.29 is 18.3 Å². The Morgan fingerprint density at radius 2 is 1.80 bits per heavy atom. The summed E-state index contributed by atoms with van der Waals surface area (Å²) >= 11 is 0. The van der Waals surface area contributed by atoms with E-state index in [2.05, 4.69) is 4.74 Å². The summed E-state index contributed by atoms with van der Waals surface area (Å²) in [5.41, 5.74) is 8.34. The van der Waals surface area contributed by atoms with E-state index in [9.17, 15) is 13.6 Å². The lowest BCUT2D eigenvalue weighted by molar-refractivity contribution is -0.188. The molecule has 2 aromatic carbocycles. The predicted molar refractivity (Wildman–Crippen MR) is 91.7 cm³/mol. The molecule has 0 unspecified atom stereocenters. The van der Waals surface area contributed by atoms with Crippen molar-refractivity contribution in [3.8, 4) is 5.75 Å². The molecule has 1 aromatic heterocycles. The van der Waals surface area contributed by atoms with Gasteiger partial charge in [-0.1, -0.05) is 36.4 Å². The lowest BCUT2D eigenvalue weighted by Gasteiger charge is -2.15. The van der Waals surface area contributed by atoms with Crippen LogP contribution in [0.25, 0.3) is 10.9 Å². The molecule has 6 heteroatoms. The first-order chi connectivity index (χ1) is 11.8. The number of primary amides is 1. The number of halogens is 2. The van der Waals surface area contributed by atoms with Crippen molar-refractivity contribution in [2.45, 2.75) is 26.5 Å². The Balaban J connectivity index is 2.11. The number of fused-ring (bicyclic) bond motifs is 1. The van der Waals surface area contributed by atoms with Crippen molar-refractivity contribution in [1.82, 2.24) is 4.57 Å². The van der Waals surface area contributed by atoms with Crippen molar-refractivity contribution in [2.75, 3.05) is 0 Å². The molecule has 0 spiro atoms. The van der Waals surface area contributed by atoms with E-state index in [1.807, 2.05) is 54.8 Å². The van der Waals surface area contributed by atoms with Crippen LogP contribution in [-0.2, 0) is 11.3 Å². The highest BCUT2D eigenvalue weighted by molar-refractivity contribution is 5.91. The van der Waals surface area contributed by atoms with Gasteiger partial charge in [-0.2, -0.15) is 8.78 Å². The van der Waals surface area contributed by atoms with Crippen LogP contribution >= 0.6 is 0 Å². The Kier molecular flexibility index (Phi) is 4.20. The molecule has 0 atom stereocenters. The number of aromatic nitrogens is 1. The standard InChI is InChI=1S/C19H18F2N2O2/c1-12-13(2)23(11-14-7-4-3-5-8-14)15-9-6-10-16(17(12)15)25-19(20,21)18(22)24/h3-10H,11H2,1-2H3,(H2,22,24). The molecule has 0 saturated heterocycles. The van der Waals surface area contributed by atoms with Crippen LogP contribution in [0.5, 0.6) is 5.75 Å². The third kappa shape index (κ3) is 3.07. The first-order valence-corrected chi connectivity index (χ1v) is 7.80. The number of hydrogen-bond donors (Lipinski definition) is 1. The highest BCUT2D eigenvalue weighted by Crippen LogP contribution is 2.35. The summed E-state index contributed by atoms with van der Waals surface area (Å²) in [7, 11) is 0. The smallest absolute Gasteiger partial charge is 0.425 e. The lowest BCUT2D eigenvalue weighted by Crippen LogP contribution is -2.40. The number of nitrogens with two attached hydrogens (primary N) is 1. The summed E-state index contributed by atoms with van der Waals surface area (Å²) in [6.07, 6.45) is -4.06. The van der Waals surface area contributed by atoms with Crippen molar-refractivity contribution in [2.24, 2.45) is 5.73 Å². The Morgan fingerprint density at radius 1 is 1.12 bits per heavy atom. The van der Waals surface area contributed by atoms with E-state index in [0.29, 0.717) is 11.9 Å². The summed E-state index contributed by atoms with van der Waals surface area (Å²) in [6, 6.07) is 14.7. The number of nitrogens with zero attached hydrogens (tertiary/aromatic N) is 1. The Hall–Kier alpha value is -2.89. The van der Waals surface area contributed by atoms with E-state index in [1.165, 1.54) is 6.07 Å². The molecule has 0 saturated carbocycles. The molecule has 3 aromatic rings. The van der Waals surface area contributed by atoms with E-state index in [-0.39, 0.29) is 5.75 Å². The number of amides is 1. The maximum Gasteiger partial charge on any atom is 0.482 e. The molecule has 0 radical (unpaired) electrons. The second kappa shape index (κ2) is 6.20. The van der Waals surface area contributed by atoms with Gasteiger partial charge in [0.1, 0.15) is 5.75 Å². The number of carbonyl (C=O) groups is 1. The summed E-state index contributed by atoms with van der Waals surface area (Å²) in [6.45, 7) is 4.37. The Morgan fingerprint density at radius 3 is 2.44 bits per heavy atom. The van der Waals surface area contributed by atoms with Crippen molar-refractivity contribution in [3.63, 3.8) is 0 Å². The summed E-state index contributed by atoms with van der Waals surface area (Å²) in [5.74, 6) is -1.88. The zero-order valence-electron chi connectivity index (χ0n) is 13.9. The van der Waals surface area contributed by atoms with Gasteiger partial charge in [0.05, 0.1) is 5.52 Å². The number of rotatable bonds is 5. The molecule has 1 amide bonds. The lowest BCUT2D eigenvalue weighted by atomic mass is 10.1. The molecule has 25 heavy (non-hydrogen) atoms. The Labute approximate surface area is 143 Å². The maximum atomic E-state index is 13.6. The highest BCUT2D eigenvalue weighted by atomic mass is 19.3. The number of carbonyl (C=O) groups excluding carboxylic acids is 1. The fourth-order valence-corrected chi connectivity index (χ4v) is 2.93. The van der Waals surface area contributed by atoms with E-state index in [4.69, 9.17) is 5.73 Å². The van der Waals surface area contributed by atoms with Gasteiger partial charge in [-0.3, -0.25) is 4.79 Å². The molecule has 0 aliphatic heterocycles. The molecule has 130 valence electrons. The zero-order chi connectivity index (χ0) is 18.2. The van der Waals surface area contributed by atoms with Crippen LogP contribution in [0.1, 0.15) is 16.8 Å². The van der Waals surface area contributed by atoms with E-state index < -0.39 is 12.0 Å². The first-order valence-electron chi connectivity index (χ1n) is 7.80. The molecule has 4 nitrogen and oxygen atoms in total. The van der Waals surface area contributed by atoms with Crippen molar-refractivity contribution in [1.29, 1.82) is 0 Å². The van der Waals surface area contributed by atoms with Gasteiger partial charge < -0.3 is 15.0 Å². The number of hydrogen-bond acceptors (Lipinski definition) is 2. The number of aryl methyl sites for hydroxylation is 1. The predicted octanol–water partition coefficient (Wildman–Crippen LogP) is 3.76. The monoisotopic (exact) mass is 344 g/mol. The van der Waals surface area contributed by atoms with Gasteiger partial charge in [-0.15, -0.1) is 0 Å². The largest absolute Gasteiger partial charge is 0.482 e.